The number of aliphatic hydroxyl groups is 1. The Morgan fingerprint density at radius 3 is 2.23 bits per heavy atom. The van der Waals surface area contributed by atoms with E-state index in [0.717, 1.165) is 12.8 Å². The predicted octanol–water partition coefficient (Wildman–Crippen LogP) is 1.91. The van der Waals surface area contributed by atoms with Crippen molar-refractivity contribution in [1.82, 2.24) is 0 Å². The molecule has 2 nitrogen and oxygen atoms in total. The van der Waals surface area contributed by atoms with Crippen LogP contribution in [0.1, 0.15) is 46.5 Å². The highest BCUT2D eigenvalue weighted by molar-refractivity contribution is 4.98. The Bertz CT molecular complexity index is 163. The average Bonchev–Trinajstić information content (AvgIpc) is 2.84. The molecule has 1 aliphatic rings. The van der Waals surface area contributed by atoms with Crippen molar-refractivity contribution in [1.29, 1.82) is 0 Å². The Morgan fingerprint density at radius 2 is 1.92 bits per heavy atom. The molecule has 13 heavy (non-hydrogen) atoms. The van der Waals surface area contributed by atoms with Crippen molar-refractivity contribution in [3.05, 3.63) is 0 Å². The van der Waals surface area contributed by atoms with E-state index in [2.05, 4.69) is 13.8 Å². The van der Waals surface area contributed by atoms with Crippen LogP contribution in [0, 0.1) is 11.3 Å². The van der Waals surface area contributed by atoms with E-state index in [1.54, 1.807) is 0 Å². The van der Waals surface area contributed by atoms with Crippen molar-refractivity contribution in [2.75, 3.05) is 0 Å². The molecule has 78 valence electrons. The van der Waals surface area contributed by atoms with Gasteiger partial charge in [-0.2, -0.15) is 0 Å². The fourth-order valence-corrected chi connectivity index (χ4v) is 2.02. The van der Waals surface area contributed by atoms with Crippen LogP contribution >= 0.6 is 0 Å². The van der Waals surface area contributed by atoms with Crippen molar-refractivity contribution in [2.24, 2.45) is 17.1 Å². The van der Waals surface area contributed by atoms with E-state index < -0.39 is 0 Å². The molecule has 1 fully saturated rings. The molecule has 1 aliphatic carbocycles. The second-order valence-corrected chi connectivity index (χ2v) is 4.86. The van der Waals surface area contributed by atoms with Gasteiger partial charge in [0.25, 0.3) is 0 Å². The predicted molar refractivity (Wildman–Crippen MR) is 55.4 cm³/mol. The number of rotatable bonds is 5. The molecular weight excluding hydrogens is 162 g/mol. The summed E-state index contributed by atoms with van der Waals surface area (Å²) in [6, 6.07) is -0.0313. The van der Waals surface area contributed by atoms with Crippen molar-refractivity contribution >= 4 is 0 Å². The molecule has 0 heterocycles. The van der Waals surface area contributed by atoms with Crippen molar-refractivity contribution in [2.45, 2.75) is 58.6 Å². The normalized spacial score (nSPS) is 24.5. The van der Waals surface area contributed by atoms with Gasteiger partial charge in [-0.05, 0) is 37.0 Å². The zero-order valence-electron chi connectivity index (χ0n) is 9.09. The van der Waals surface area contributed by atoms with Gasteiger partial charge in [-0.15, -0.1) is 0 Å². The van der Waals surface area contributed by atoms with Crippen molar-refractivity contribution in [3.8, 4) is 0 Å². The summed E-state index contributed by atoms with van der Waals surface area (Å²) in [7, 11) is 0. The smallest absolute Gasteiger partial charge is 0.0696 e. The zero-order chi connectivity index (χ0) is 10.1. The third-order valence-corrected chi connectivity index (χ3v) is 3.70. The molecule has 1 saturated carbocycles. The first-order valence-electron chi connectivity index (χ1n) is 5.45. The van der Waals surface area contributed by atoms with Crippen LogP contribution in [0.25, 0.3) is 0 Å². The number of hydrogen-bond acceptors (Lipinski definition) is 2. The van der Waals surface area contributed by atoms with E-state index in [4.69, 9.17) is 5.73 Å². The minimum absolute atomic E-state index is 0.0313. The zero-order valence-corrected chi connectivity index (χ0v) is 9.09. The number of aliphatic hydroxyl groups excluding tert-OH is 1. The fraction of sp³-hybridized carbons (Fsp3) is 1.00. The molecule has 0 aromatic heterocycles. The average molecular weight is 185 g/mol. The molecule has 2 unspecified atom stereocenters. The third kappa shape index (κ3) is 2.44. The Hall–Kier alpha value is -0.0800. The summed E-state index contributed by atoms with van der Waals surface area (Å²) < 4.78 is 0. The van der Waals surface area contributed by atoms with E-state index in [1.165, 1.54) is 12.8 Å². The largest absolute Gasteiger partial charge is 0.391 e. The van der Waals surface area contributed by atoms with Crippen LogP contribution in [0.15, 0.2) is 0 Å². The maximum atomic E-state index is 9.82. The Balaban J connectivity index is 2.40. The molecule has 0 bridgehead atoms. The minimum Gasteiger partial charge on any atom is -0.391 e. The maximum absolute atomic E-state index is 9.82. The van der Waals surface area contributed by atoms with Gasteiger partial charge in [0.1, 0.15) is 0 Å². The molecule has 0 aromatic rings. The highest BCUT2D eigenvalue weighted by atomic mass is 16.3. The first kappa shape index (κ1) is 11.0. The minimum atomic E-state index is -0.296. The van der Waals surface area contributed by atoms with E-state index in [9.17, 15) is 5.11 Å². The first-order valence-corrected chi connectivity index (χ1v) is 5.45. The quantitative estimate of drug-likeness (QED) is 0.687. The van der Waals surface area contributed by atoms with Crippen LogP contribution in [0.3, 0.4) is 0 Å². The van der Waals surface area contributed by atoms with Gasteiger partial charge in [-0.1, -0.05) is 20.8 Å². The lowest BCUT2D eigenvalue weighted by Crippen LogP contribution is -2.36. The summed E-state index contributed by atoms with van der Waals surface area (Å²) in [4.78, 5) is 0. The molecule has 0 aliphatic heterocycles. The maximum Gasteiger partial charge on any atom is 0.0696 e. The molecule has 0 radical (unpaired) electrons. The van der Waals surface area contributed by atoms with Crippen molar-refractivity contribution < 1.29 is 5.11 Å². The van der Waals surface area contributed by atoms with E-state index in [0.29, 0.717) is 11.3 Å². The second-order valence-electron chi connectivity index (χ2n) is 4.86. The van der Waals surface area contributed by atoms with E-state index in [1.807, 2.05) is 6.92 Å². The molecular formula is C11H23NO. The van der Waals surface area contributed by atoms with E-state index >= 15 is 0 Å². The van der Waals surface area contributed by atoms with Gasteiger partial charge in [0.15, 0.2) is 0 Å². The molecule has 0 spiro atoms. The molecule has 3 N–H and O–H groups in total. The summed E-state index contributed by atoms with van der Waals surface area (Å²) in [6.45, 7) is 6.53. The van der Waals surface area contributed by atoms with E-state index in [-0.39, 0.29) is 12.1 Å². The lowest BCUT2D eigenvalue weighted by atomic mass is 9.85. The summed E-state index contributed by atoms with van der Waals surface area (Å²) in [5.41, 5.74) is 6.22. The Morgan fingerprint density at radius 1 is 1.38 bits per heavy atom. The standard InChI is InChI=1S/C11H23NO/c1-4-9(12)10(13)7-11(5-6-11)8(2)3/h8-10,13H,4-7,12H2,1-3H3. The van der Waals surface area contributed by atoms with Crippen molar-refractivity contribution in [3.63, 3.8) is 0 Å². The van der Waals surface area contributed by atoms with Gasteiger partial charge in [-0.25, -0.2) is 0 Å². The lowest BCUT2D eigenvalue weighted by Gasteiger charge is -2.25. The first-order chi connectivity index (χ1) is 6.02. The molecule has 0 aromatic carbocycles. The van der Waals surface area contributed by atoms with Gasteiger partial charge >= 0.3 is 0 Å². The molecule has 1 rings (SSSR count). The van der Waals surface area contributed by atoms with Gasteiger partial charge in [0, 0.05) is 6.04 Å². The van der Waals surface area contributed by atoms with Crippen LogP contribution in [-0.2, 0) is 0 Å². The lowest BCUT2D eigenvalue weighted by molar-refractivity contribution is 0.0947. The fourth-order valence-electron chi connectivity index (χ4n) is 2.02. The summed E-state index contributed by atoms with van der Waals surface area (Å²) in [5.74, 6) is 0.686. The Labute approximate surface area is 81.5 Å². The van der Waals surface area contributed by atoms with Gasteiger partial charge < -0.3 is 10.8 Å². The van der Waals surface area contributed by atoms with Crippen LogP contribution in [-0.4, -0.2) is 17.3 Å². The summed E-state index contributed by atoms with van der Waals surface area (Å²) >= 11 is 0. The Kier molecular flexibility index (Phi) is 3.36. The highest BCUT2D eigenvalue weighted by Crippen LogP contribution is 2.55. The van der Waals surface area contributed by atoms with Gasteiger partial charge in [0.05, 0.1) is 6.10 Å². The van der Waals surface area contributed by atoms with Crippen LogP contribution in [0.5, 0.6) is 0 Å². The SMILES string of the molecule is CCC(N)C(O)CC1(C(C)C)CC1. The van der Waals surface area contributed by atoms with Crippen LogP contribution in [0.4, 0.5) is 0 Å². The summed E-state index contributed by atoms with van der Waals surface area (Å²) in [5, 5.41) is 9.82. The van der Waals surface area contributed by atoms with Crippen LogP contribution < -0.4 is 5.73 Å². The third-order valence-electron chi connectivity index (χ3n) is 3.70. The second kappa shape index (κ2) is 3.97. The summed E-state index contributed by atoms with van der Waals surface area (Å²) in [6.07, 6.45) is 4.03. The molecule has 0 amide bonds. The van der Waals surface area contributed by atoms with Gasteiger partial charge in [0.2, 0.25) is 0 Å². The molecule has 0 saturated heterocycles. The monoisotopic (exact) mass is 185 g/mol. The van der Waals surface area contributed by atoms with Crippen LogP contribution in [0.2, 0.25) is 0 Å². The number of nitrogens with two attached hydrogens (primary N) is 1. The molecule has 2 heteroatoms. The molecule has 2 atom stereocenters. The van der Waals surface area contributed by atoms with Gasteiger partial charge in [-0.3, -0.25) is 0 Å². The topological polar surface area (TPSA) is 46.2 Å². The number of hydrogen-bond donors (Lipinski definition) is 2. The highest BCUT2D eigenvalue weighted by Gasteiger charge is 2.46.